The van der Waals surface area contributed by atoms with Crippen molar-refractivity contribution in [1.29, 1.82) is 0 Å². The number of oxazole rings is 1. The van der Waals surface area contributed by atoms with Crippen molar-refractivity contribution in [2.45, 2.75) is 0 Å². The summed E-state index contributed by atoms with van der Waals surface area (Å²) in [6.45, 7) is 1.51. The standard InChI is InChI=1S/C20H17F2N5O3/c21-13-2-1-3-14(22)16(13)19-26-17(18(23)29)20(30-19)25-11-4-6-12(7-5-11)27-9-8-24-15(28)10-27/h1-7,25H,8-10H2,(H2,23,29)(H,24,28). The minimum absolute atomic E-state index is 0.0517. The first kappa shape index (κ1) is 19.4. The van der Waals surface area contributed by atoms with E-state index in [4.69, 9.17) is 10.2 Å². The number of rotatable bonds is 5. The highest BCUT2D eigenvalue weighted by atomic mass is 19.1. The van der Waals surface area contributed by atoms with E-state index in [0.717, 1.165) is 17.8 Å². The van der Waals surface area contributed by atoms with Crippen LogP contribution in [0, 0.1) is 11.6 Å². The van der Waals surface area contributed by atoms with Crippen LogP contribution in [-0.2, 0) is 4.79 Å². The Labute approximate surface area is 169 Å². The summed E-state index contributed by atoms with van der Waals surface area (Å²) in [7, 11) is 0. The number of aromatic nitrogens is 1. The third kappa shape index (κ3) is 3.79. The number of piperazine rings is 1. The summed E-state index contributed by atoms with van der Waals surface area (Å²) in [4.78, 5) is 29.1. The van der Waals surface area contributed by atoms with Gasteiger partial charge in [-0.3, -0.25) is 9.59 Å². The lowest BCUT2D eigenvalue weighted by molar-refractivity contribution is -0.120. The molecular formula is C20H17F2N5O3. The predicted octanol–water partition coefficient (Wildman–Crippen LogP) is 2.40. The van der Waals surface area contributed by atoms with E-state index in [-0.39, 0.29) is 24.0 Å². The molecule has 0 spiro atoms. The number of halogens is 2. The molecule has 10 heteroatoms. The number of anilines is 3. The second-order valence-corrected chi connectivity index (χ2v) is 6.60. The molecule has 154 valence electrons. The molecule has 1 aliphatic heterocycles. The van der Waals surface area contributed by atoms with Gasteiger partial charge < -0.3 is 25.7 Å². The molecule has 4 rings (SSSR count). The SMILES string of the molecule is NC(=O)c1nc(-c2c(F)cccc2F)oc1Nc1ccc(N2CCNC(=O)C2)cc1. The van der Waals surface area contributed by atoms with Crippen LogP contribution in [0.4, 0.5) is 26.0 Å². The van der Waals surface area contributed by atoms with Crippen molar-refractivity contribution >= 4 is 29.1 Å². The number of nitrogens with two attached hydrogens (primary N) is 1. The van der Waals surface area contributed by atoms with E-state index in [1.807, 2.05) is 4.90 Å². The minimum atomic E-state index is -0.916. The van der Waals surface area contributed by atoms with Gasteiger partial charge in [-0.15, -0.1) is 0 Å². The number of primary amides is 1. The zero-order valence-electron chi connectivity index (χ0n) is 15.6. The smallest absolute Gasteiger partial charge is 0.273 e. The maximum absolute atomic E-state index is 14.0. The van der Waals surface area contributed by atoms with Crippen LogP contribution in [-0.4, -0.2) is 36.4 Å². The Morgan fingerprint density at radius 1 is 1.17 bits per heavy atom. The first-order valence-corrected chi connectivity index (χ1v) is 9.06. The van der Waals surface area contributed by atoms with Gasteiger partial charge in [0.05, 0.1) is 6.54 Å². The van der Waals surface area contributed by atoms with Crippen LogP contribution in [0.3, 0.4) is 0 Å². The Morgan fingerprint density at radius 2 is 1.87 bits per heavy atom. The molecule has 0 unspecified atom stereocenters. The number of nitrogens with one attached hydrogen (secondary N) is 2. The molecule has 1 fully saturated rings. The Morgan fingerprint density at radius 3 is 2.50 bits per heavy atom. The largest absolute Gasteiger partial charge is 0.419 e. The lowest BCUT2D eigenvalue weighted by Gasteiger charge is -2.28. The highest BCUT2D eigenvalue weighted by Gasteiger charge is 2.23. The third-order valence-corrected chi connectivity index (χ3v) is 4.57. The van der Waals surface area contributed by atoms with Gasteiger partial charge in [-0.1, -0.05) is 6.07 Å². The molecule has 1 aliphatic rings. The van der Waals surface area contributed by atoms with Crippen molar-refractivity contribution in [1.82, 2.24) is 10.3 Å². The summed E-state index contributed by atoms with van der Waals surface area (Å²) in [5, 5.41) is 5.61. The van der Waals surface area contributed by atoms with Crippen molar-refractivity contribution in [2.24, 2.45) is 5.73 Å². The highest BCUT2D eigenvalue weighted by Crippen LogP contribution is 2.31. The lowest BCUT2D eigenvalue weighted by atomic mass is 10.2. The van der Waals surface area contributed by atoms with Gasteiger partial charge in [0.2, 0.25) is 17.7 Å². The molecule has 0 saturated carbocycles. The van der Waals surface area contributed by atoms with Crippen molar-refractivity contribution < 1.29 is 22.8 Å². The molecular weight excluding hydrogens is 396 g/mol. The van der Waals surface area contributed by atoms with Crippen LogP contribution in [0.15, 0.2) is 46.9 Å². The fourth-order valence-corrected chi connectivity index (χ4v) is 3.13. The maximum atomic E-state index is 14.0. The zero-order valence-corrected chi connectivity index (χ0v) is 15.6. The van der Waals surface area contributed by atoms with Crippen LogP contribution >= 0.6 is 0 Å². The molecule has 0 bridgehead atoms. The predicted molar refractivity (Wildman–Crippen MR) is 105 cm³/mol. The summed E-state index contributed by atoms with van der Waals surface area (Å²) < 4.78 is 33.5. The molecule has 2 amide bonds. The van der Waals surface area contributed by atoms with Crippen molar-refractivity contribution in [3.8, 4) is 11.5 Å². The van der Waals surface area contributed by atoms with E-state index < -0.39 is 29.0 Å². The van der Waals surface area contributed by atoms with Gasteiger partial charge in [0.15, 0.2) is 5.69 Å². The van der Waals surface area contributed by atoms with E-state index in [1.54, 1.807) is 24.3 Å². The highest BCUT2D eigenvalue weighted by molar-refractivity contribution is 5.96. The first-order chi connectivity index (χ1) is 14.4. The molecule has 2 heterocycles. The van der Waals surface area contributed by atoms with Gasteiger partial charge in [0, 0.05) is 24.5 Å². The molecule has 4 N–H and O–H groups in total. The summed E-state index contributed by atoms with van der Waals surface area (Å²) in [6, 6.07) is 10.3. The molecule has 8 nitrogen and oxygen atoms in total. The zero-order chi connectivity index (χ0) is 21.3. The van der Waals surface area contributed by atoms with Crippen LogP contribution in [0.1, 0.15) is 10.5 Å². The first-order valence-electron chi connectivity index (χ1n) is 9.06. The number of nitrogens with zero attached hydrogens (tertiary/aromatic N) is 2. The second-order valence-electron chi connectivity index (χ2n) is 6.60. The van der Waals surface area contributed by atoms with E-state index >= 15 is 0 Å². The number of amides is 2. The number of hydrogen-bond acceptors (Lipinski definition) is 6. The van der Waals surface area contributed by atoms with Gasteiger partial charge in [-0.2, -0.15) is 0 Å². The molecule has 0 atom stereocenters. The van der Waals surface area contributed by atoms with Gasteiger partial charge >= 0.3 is 0 Å². The van der Waals surface area contributed by atoms with Crippen molar-refractivity contribution in [3.05, 3.63) is 59.8 Å². The Bertz CT molecular complexity index is 1090. The fourth-order valence-electron chi connectivity index (χ4n) is 3.13. The van der Waals surface area contributed by atoms with Crippen LogP contribution in [0.2, 0.25) is 0 Å². The molecule has 0 radical (unpaired) electrons. The number of hydrogen-bond donors (Lipinski definition) is 3. The van der Waals surface area contributed by atoms with Gasteiger partial charge in [0.1, 0.15) is 17.2 Å². The van der Waals surface area contributed by atoms with Crippen molar-refractivity contribution in [2.75, 3.05) is 29.9 Å². The normalized spacial score (nSPS) is 13.8. The minimum Gasteiger partial charge on any atom is -0.419 e. The quantitative estimate of drug-likeness (QED) is 0.592. The fraction of sp³-hybridized carbons (Fsp3) is 0.150. The second kappa shape index (κ2) is 7.82. The number of carbonyl (C=O) groups is 2. The molecule has 1 saturated heterocycles. The Hall–Kier alpha value is -3.95. The van der Waals surface area contributed by atoms with Gasteiger partial charge in [0.25, 0.3) is 5.91 Å². The Kier molecular flexibility index (Phi) is 5.05. The average molecular weight is 413 g/mol. The summed E-state index contributed by atoms with van der Waals surface area (Å²) >= 11 is 0. The lowest BCUT2D eigenvalue weighted by Crippen LogP contribution is -2.47. The number of benzene rings is 2. The average Bonchev–Trinajstić information content (AvgIpc) is 3.12. The molecule has 30 heavy (non-hydrogen) atoms. The summed E-state index contributed by atoms with van der Waals surface area (Å²) in [5.41, 5.74) is 5.93. The van der Waals surface area contributed by atoms with Crippen LogP contribution in [0.5, 0.6) is 0 Å². The third-order valence-electron chi connectivity index (χ3n) is 4.57. The molecule has 3 aromatic rings. The monoisotopic (exact) mass is 413 g/mol. The van der Waals surface area contributed by atoms with Crippen LogP contribution in [0.25, 0.3) is 11.5 Å². The van der Waals surface area contributed by atoms with Crippen molar-refractivity contribution in [3.63, 3.8) is 0 Å². The van der Waals surface area contributed by atoms with Crippen LogP contribution < -0.4 is 21.3 Å². The van der Waals surface area contributed by atoms with E-state index in [1.165, 1.54) is 6.07 Å². The molecule has 0 aliphatic carbocycles. The molecule has 2 aromatic carbocycles. The van der Waals surface area contributed by atoms with Gasteiger partial charge in [-0.05, 0) is 36.4 Å². The maximum Gasteiger partial charge on any atom is 0.273 e. The topological polar surface area (TPSA) is 113 Å². The van der Waals surface area contributed by atoms with E-state index in [0.29, 0.717) is 18.8 Å². The van der Waals surface area contributed by atoms with E-state index in [9.17, 15) is 18.4 Å². The summed E-state index contributed by atoms with van der Waals surface area (Å²) in [5.74, 6) is -3.27. The van der Waals surface area contributed by atoms with Gasteiger partial charge in [-0.25, -0.2) is 13.8 Å². The summed E-state index contributed by atoms with van der Waals surface area (Å²) in [6.07, 6.45) is 0. The Balaban J connectivity index is 1.60. The van der Waals surface area contributed by atoms with E-state index in [2.05, 4.69) is 15.6 Å². The number of carbonyl (C=O) groups excluding carboxylic acids is 2. The molecule has 1 aromatic heterocycles.